The Morgan fingerprint density at radius 2 is 2.28 bits per heavy atom. The number of hydrogen-bond acceptors (Lipinski definition) is 7. The van der Waals surface area contributed by atoms with Crippen molar-refractivity contribution in [3.8, 4) is 5.88 Å². The Bertz CT molecular complexity index is 764. The van der Waals surface area contributed by atoms with Crippen molar-refractivity contribution < 1.29 is 19.7 Å². The Kier molecular flexibility index (Phi) is 4.88. The zero-order valence-electron chi connectivity index (χ0n) is 14.3. The van der Waals surface area contributed by atoms with E-state index in [2.05, 4.69) is 15.0 Å². The number of nitrogens with zero attached hydrogens (tertiary/aromatic N) is 6. The average molecular weight is 350 g/mol. The summed E-state index contributed by atoms with van der Waals surface area (Å²) in [5, 5.41) is 18.2. The molecule has 0 aromatic carbocycles. The molecule has 3 heterocycles. The molecule has 0 spiro atoms. The number of anilines is 1. The maximum Gasteiger partial charge on any atom is 0.407 e. The van der Waals surface area contributed by atoms with Gasteiger partial charge in [-0.05, 0) is 6.92 Å². The molecule has 2 aromatic heterocycles. The number of aliphatic hydroxyl groups is 1. The van der Waals surface area contributed by atoms with Crippen LogP contribution < -0.4 is 9.64 Å². The van der Waals surface area contributed by atoms with Crippen LogP contribution in [0.3, 0.4) is 0 Å². The predicted octanol–water partition coefficient (Wildman–Crippen LogP) is 0.406. The SMILES string of the molecule is CCn1c(N(C)CCO)nc2c(O[C@H]3CCN(C(=O)O)C3)ncnc21. The molecule has 1 saturated heterocycles. The van der Waals surface area contributed by atoms with Gasteiger partial charge in [-0.15, -0.1) is 0 Å². The van der Waals surface area contributed by atoms with Crippen LogP contribution in [-0.4, -0.2) is 80.1 Å². The first-order valence-electron chi connectivity index (χ1n) is 8.22. The number of aliphatic hydroxyl groups excluding tert-OH is 1. The third-order valence-corrected chi connectivity index (χ3v) is 4.27. The number of rotatable bonds is 6. The molecule has 0 radical (unpaired) electrons. The molecule has 2 N–H and O–H groups in total. The van der Waals surface area contributed by atoms with Crippen LogP contribution in [0.15, 0.2) is 6.33 Å². The van der Waals surface area contributed by atoms with Crippen LogP contribution in [0, 0.1) is 0 Å². The fourth-order valence-electron chi connectivity index (χ4n) is 2.98. The van der Waals surface area contributed by atoms with E-state index in [4.69, 9.17) is 14.9 Å². The number of carboxylic acid groups (broad SMARTS) is 1. The number of likely N-dealkylation sites (tertiary alicyclic amines) is 1. The largest absolute Gasteiger partial charge is 0.471 e. The Labute approximate surface area is 144 Å². The number of fused-ring (bicyclic) bond motifs is 1. The van der Waals surface area contributed by atoms with Crippen molar-refractivity contribution >= 4 is 23.2 Å². The van der Waals surface area contributed by atoms with Gasteiger partial charge in [-0.1, -0.05) is 0 Å². The smallest absolute Gasteiger partial charge is 0.407 e. The highest BCUT2D eigenvalue weighted by atomic mass is 16.5. The first-order valence-corrected chi connectivity index (χ1v) is 8.22. The lowest BCUT2D eigenvalue weighted by atomic mass is 10.3. The number of likely N-dealkylation sites (N-methyl/N-ethyl adjacent to an activating group) is 1. The van der Waals surface area contributed by atoms with E-state index in [1.807, 2.05) is 23.4 Å². The standard InChI is InChI=1S/C15H22N6O4/c1-3-21-12-11(18-14(21)19(2)6-7-22)13(17-9-16-12)25-10-4-5-20(8-10)15(23)24/h9-10,22H,3-8H2,1-2H3,(H,23,24)/t10-/m0/s1. The van der Waals surface area contributed by atoms with Crippen LogP contribution in [0.2, 0.25) is 0 Å². The monoisotopic (exact) mass is 350 g/mol. The van der Waals surface area contributed by atoms with Crippen LogP contribution in [0.25, 0.3) is 11.2 Å². The van der Waals surface area contributed by atoms with Gasteiger partial charge in [0, 0.05) is 33.1 Å². The van der Waals surface area contributed by atoms with Crippen molar-refractivity contribution in [1.82, 2.24) is 24.4 Å². The molecule has 25 heavy (non-hydrogen) atoms. The molecule has 1 aliphatic heterocycles. The van der Waals surface area contributed by atoms with Crippen molar-refractivity contribution in [2.45, 2.75) is 26.0 Å². The summed E-state index contributed by atoms with van der Waals surface area (Å²) in [5.41, 5.74) is 1.19. The third-order valence-electron chi connectivity index (χ3n) is 4.27. The Morgan fingerprint density at radius 1 is 1.48 bits per heavy atom. The summed E-state index contributed by atoms with van der Waals surface area (Å²) in [5.74, 6) is 1.03. The fraction of sp³-hybridized carbons (Fsp3) is 0.600. The minimum absolute atomic E-state index is 0.0194. The molecular weight excluding hydrogens is 328 g/mol. The lowest BCUT2D eigenvalue weighted by Crippen LogP contribution is -2.29. The minimum atomic E-state index is -0.942. The topological polar surface area (TPSA) is 117 Å². The molecule has 136 valence electrons. The van der Waals surface area contributed by atoms with E-state index in [9.17, 15) is 4.79 Å². The molecule has 1 aliphatic rings. The Hall–Kier alpha value is -2.62. The van der Waals surface area contributed by atoms with E-state index < -0.39 is 6.09 Å². The normalized spacial score (nSPS) is 17.2. The molecule has 0 saturated carbocycles. The maximum absolute atomic E-state index is 11.0. The second-order valence-electron chi connectivity index (χ2n) is 5.91. The molecule has 3 rings (SSSR count). The maximum atomic E-state index is 11.0. The highest BCUT2D eigenvalue weighted by Crippen LogP contribution is 2.27. The van der Waals surface area contributed by atoms with Crippen LogP contribution in [-0.2, 0) is 6.54 Å². The van der Waals surface area contributed by atoms with Crippen LogP contribution in [0.1, 0.15) is 13.3 Å². The summed E-state index contributed by atoms with van der Waals surface area (Å²) in [7, 11) is 1.85. The van der Waals surface area contributed by atoms with Crippen molar-refractivity contribution in [1.29, 1.82) is 0 Å². The summed E-state index contributed by atoms with van der Waals surface area (Å²) in [6, 6.07) is 0. The Balaban J connectivity index is 1.90. The van der Waals surface area contributed by atoms with E-state index in [-0.39, 0.29) is 12.7 Å². The van der Waals surface area contributed by atoms with E-state index in [0.29, 0.717) is 55.6 Å². The van der Waals surface area contributed by atoms with E-state index in [1.165, 1.54) is 11.2 Å². The Morgan fingerprint density at radius 3 is 2.92 bits per heavy atom. The van der Waals surface area contributed by atoms with Crippen molar-refractivity contribution in [2.24, 2.45) is 0 Å². The third kappa shape index (κ3) is 3.29. The summed E-state index contributed by atoms with van der Waals surface area (Å²) < 4.78 is 7.85. The molecular formula is C15H22N6O4. The van der Waals surface area contributed by atoms with Gasteiger partial charge in [0.25, 0.3) is 0 Å². The van der Waals surface area contributed by atoms with Gasteiger partial charge >= 0.3 is 6.09 Å². The number of hydrogen-bond donors (Lipinski definition) is 2. The van der Waals surface area contributed by atoms with Crippen LogP contribution in [0.5, 0.6) is 5.88 Å². The quantitative estimate of drug-likeness (QED) is 0.769. The summed E-state index contributed by atoms with van der Waals surface area (Å²) in [4.78, 5) is 27.3. The zero-order valence-corrected chi connectivity index (χ0v) is 14.3. The van der Waals surface area contributed by atoms with Gasteiger partial charge in [0.15, 0.2) is 11.2 Å². The van der Waals surface area contributed by atoms with Crippen molar-refractivity contribution in [3.05, 3.63) is 6.33 Å². The molecule has 1 amide bonds. The van der Waals surface area contributed by atoms with Gasteiger partial charge < -0.3 is 24.7 Å². The van der Waals surface area contributed by atoms with Gasteiger partial charge in [-0.25, -0.2) is 14.8 Å². The molecule has 10 heteroatoms. The number of aromatic nitrogens is 4. The summed E-state index contributed by atoms with van der Waals surface area (Å²) >= 11 is 0. The lowest BCUT2D eigenvalue weighted by molar-refractivity contribution is 0.145. The lowest BCUT2D eigenvalue weighted by Gasteiger charge is -2.17. The van der Waals surface area contributed by atoms with Gasteiger partial charge in [0.2, 0.25) is 11.8 Å². The first kappa shape index (κ1) is 17.2. The predicted molar refractivity (Wildman–Crippen MR) is 90.0 cm³/mol. The van der Waals surface area contributed by atoms with Gasteiger partial charge in [0.05, 0.1) is 13.2 Å². The second kappa shape index (κ2) is 7.09. The fourth-order valence-corrected chi connectivity index (χ4v) is 2.98. The first-order chi connectivity index (χ1) is 12.0. The van der Waals surface area contributed by atoms with Crippen molar-refractivity contribution in [3.63, 3.8) is 0 Å². The second-order valence-corrected chi connectivity index (χ2v) is 5.91. The summed E-state index contributed by atoms with van der Waals surface area (Å²) in [6.07, 6.45) is 0.844. The molecule has 1 fully saturated rings. The van der Waals surface area contributed by atoms with E-state index >= 15 is 0 Å². The molecule has 0 aliphatic carbocycles. The van der Waals surface area contributed by atoms with Crippen LogP contribution in [0.4, 0.5) is 10.7 Å². The van der Waals surface area contributed by atoms with Gasteiger partial charge in [-0.3, -0.25) is 4.57 Å². The van der Waals surface area contributed by atoms with Crippen molar-refractivity contribution in [2.75, 3.05) is 38.2 Å². The number of amides is 1. The summed E-state index contributed by atoms with van der Waals surface area (Å²) in [6.45, 7) is 3.87. The molecule has 0 bridgehead atoms. The molecule has 1 atom stereocenters. The van der Waals surface area contributed by atoms with E-state index in [0.717, 1.165) is 0 Å². The number of ether oxygens (including phenoxy) is 1. The number of carbonyl (C=O) groups is 1. The highest BCUT2D eigenvalue weighted by molar-refractivity contribution is 5.79. The zero-order chi connectivity index (χ0) is 18.0. The van der Waals surface area contributed by atoms with Gasteiger partial charge in [-0.2, -0.15) is 4.98 Å². The minimum Gasteiger partial charge on any atom is -0.471 e. The number of aryl methyl sites for hydroxylation is 1. The molecule has 10 nitrogen and oxygen atoms in total. The van der Waals surface area contributed by atoms with Gasteiger partial charge in [0.1, 0.15) is 12.4 Å². The number of imidazole rings is 1. The average Bonchev–Trinajstić information content (AvgIpc) is 3.20. The molecule has 2 aromatic rings. The van der Waals surface area contributed by atoms with Crippen LogP contribution >= 0.6 is 0 Å². The van der Waals surface area contributed by atoms with E-state index in [1.54, 1.807) is 0 Å². The highest BCUT2D eigenvalue weighted by Gasteiger charge is 2.29. The molecule has 0 unspecified atom stereocenters.